The number of rotatable bonds is 8. The molecule has 14 heavy (non-hydrogen) atoms. The summed E-state index contributed by atoms with van der Waals surface area (Å²) in [6, 6.07) is 0. The summed E-state index contributed by atoms with van der Waals surface area (Å²) in [5.74, 6) is 0. The van der Waals surface area contributed by atoms with Crippen molar-refractivity contribution in [3.05, 3.63) is 25.3 Å². The molecule has 0 radical (unpaired) electrons. The molecule has 0 bridgehead atoms. The van der Waals surface area contributed by atoms with Gasteiger partial charge in [0.15, 0.2) is 0 Å². The van der Waals surface area contributed by atoms with E-state index in [4.69, 9.17) is 5.73 Å². The Kier molecular flexibility index (Phi) is 10.7. The molecule has 0 amide bonds. The summed E-state index contributed by atoms with van der Waals surface area (Å²) in [5.41, 5.74) is 5.50. The minimum Gasteiger partial charge on any atom is -1.00 e. The van der Waals surface area contributed by atoms with Crippen molar-refractivity contribution in [2.45, 2.75) is 12.8 Å². The number of nitrogens with two attached hydrogens (primary N) is 1. The minimum atomic E-state index is 0. The summed E-state index contributed by atoms with van der Waals surface area (Å²) in [7, 11) is 2.25. The first-order valence-electron chi connectivity index (χ1n) is 4.94. The van der Waals surface area contributed by atoms with Crippen LogP contribution in [-0.2, 0) is 0 Å². The van der Waals surface area contributed by atoms with E-state index in [1.807, 2.05) is 12.2 Å². The fourth-order valence-electron chi connectivity index (χ4n) is 1.48. The molecule has 2 nitrogen and oxygen atoms in total. The van der Waals surface area contributed by atoms with Crippen molar-refractivity contribution >= 4 is 0 Å². The third-order valence-corrected chi connectivity index (χ3v) is 2.35. The molecule has 0 fully saturated rings. The summed E-state index contributed by atoms with van der Waals surface area (Å²) in [5, 5.41) is 0. The van der Waals surface area contributed by atoms with Crippen LogP contribution in [0.4, 0.5) is 0 Å². The maximum absolute atomic E-state index is 5.50. The Labute approximate surface area is 94.5 Å². The Bertz CT molecular complexity index is 159. The van der Waals surface area contributed by atoms with Crippen LogP contribution in [0.25, 0.3) is 0 Å². The maximum Gasteiger partial charge on any atom is 0.0969 e. The molecule has 0 saturated carbocycles. The van der Waals surface area contributed by atoms with Crippen molar-refractivity contribution < 1.29 is 16.9 Å². The smallest absolute Gasteiger partial charge is 0.0969 e. The molecule has 84 valence electrons. The van der Waals surface area contributed by atoms with E-state index in [0.717, 1.165) is 43.5 Å². The van der Waals surface area contributed by atoms with Gasteiger partial charge in [-0.1, -0.05) is 12.7 Å². The van der Waals surface area contributed by atoms with Gasteiger partial charge in [-0.2, -0.15) is 0 Å². The monoisotopic (exact) mass is 218 g/mol. The average molecular weight is 219 g/mol. The highest BCUT2D eigenvalue weighted by molar-refractivity contribution is 4.69. The third kappa shape index (κ3) is 7.13. The van der Waals surface area contributed by atoms with Crippen LogP contribution < -0.4 is 18.1 Å². The normalized spacial score (nSPS) is 13.9. The first-order valence-corrected chi connectivity index (χ1v) is 4.94. The number of hydrogen-bond donors (Lipinski definition) is 1. The second-order valence-corrected chi connectivity index (χ2v) is 3.76. The molecule has 0 aliphatic heterocycles. The molecule has 0 aromatic carbocycles. The van der Waals surface area contributed by atoms with Gasteiger partial charge >= 0.3 is 0 Å². The third-order valence-electron chi connectivity index (χ3n) is 2.35. The fourth-order valence-corrected chi connectivity index (χ4v) is 1.48. The standard InChI is InChI=1S/C11H23N2.ClH/c1-4-6-10-13(3,9-5-2)11-7-8-12;/h4-5H,1-2,6-12H2,3H3;1H/q+1;/p-1. The lowest BCUT2D eigenvalue weighted by Gasteiger charge is -2.33. The van der Waals surface area contributed by atoms with Crippen LogP contribution >= 0.6 is 0 Å². The number of halogens is 1. The van der Waals surface area contributed by atoms with Crippen molar-refractivity contribution in [1.29, 1.82) is 0 Å². The molecule has 0 saturated heterocycles. The van der Waals surface area contributed by atoms with Crippen LogP contribution in [0.3, 0.4) is 0 Å². The minimum absolute atomic E-state index is 0. The van der Waals surface area contributed by atoms with Crippen LogP contribution in [0.5, 0.6) is 0 Å². The zero-order chi connectivity index (χ0) is 10.2. The summed E-state index contributed by atoms with van der Waals surface area (Å²) in [6.07, 6.45) is 6.11. The molecule has 2 N–H and O–H groups in total. The van der Waals surface area contributed by atoms with E-state index < -0.39 is 0 Å². The molecule has 0 rings (SSSR count). The van der Waals surface area contributed by atoms with Gasteiger partial charge in [-0.05, 0) is 12.6 Å². The van der Waals surface area contributed by atoms with E-state index in [1.54, 1.807) is 0 Å². The second kappa shape index (κ2) is 9.25. The van der Waals surface area contributed by atoms with E-state index in [-0.39, 0.29) is 12.4 Å². The highest BCUT2D eigenvalue weighted by Gasteiger charge is 2.17. The number of likely N-dealkylation sites (N-methyl/N-ethyl adjacent to an activating group) is 1. The van der Waals surface area contributed by atoms with E-state index >= 15 is 0 Å². The van der Waals surface area contributed by atoms with Gasteiger partial charge in [0.05, 0.1) is 26.7 Å². The summed E-state index contributed by atoms with van der Waals surface area (Å²) >= 11 is 0. The zero-order valence-corrected chi connectivity index (χ0v) is 9.97. The molecule has 1 unspecified atom stereocenters. The Morgan fingerprint density at radius 2 is 1.86 bits per heavy atom. The van der Waals surface area contributed by atoms with Crippen LogP contribution in [0.1, 0.15) is 12.8 Å². The van der Waals surface area contributed by atoms with Crippen molar-refractivity contribution in [3.63, 3.8) is 0 Å². The largest absolute Gasteiger partial charge is 1.00 e. The van der Waals surface area contributed by atoms with Crippen LogP contribution in [-0.4, -0.2) is 37.7 Å². The van der Waals surface area contributed by atoms with E-state index in [9.17, 15) is 0 Å². The topological polar surface area (TPSA) is 26.0 Å². The molecule has 0 aromatic heterocycles. The van der Waals surface area contributed by atoms with E-state index in [1.165, 1.54) is 0 Å². The van der Waals surface area contributed by atoms with Crippen LogP contribution in [0.15, 0.2) is 25.3 Å². The average Bonchev–Trinajstić information content (AvgIpc) is 2.12. The van der Waals surface area contributed by atoms with Gasteiger partial charge in [-0.3, -0.25) is 0 Å². The molecule has 0 heterocycles. The molecule has 0 aliphatic rings. The number of quaternary nitrogens is 1. The molecule has 0 aromatic rings. The Balaban J connectivity index is 0. The SMILES string of the molecule is C=CCC[N+](C)(CC=C)CCCN.[Cl-]. The molecule has 0 spiro atoms. The Hall–Kier alpha value is -0.310. The Morgan fingerprint density at radius 3 is 2.29 bits per heavy atom. The van der Waals surface area contributed by atoms with E-state index in [2.05, 4.69) is 20.2 Å². The van der Waals surface area contributed by atoms with Crippen molar-refractivity contribution in [3.8, 4) is 0 Å². The predicted molar refractivity (Wildman–Crippen MR) is 59.5 cm³/mol. The highest BCUT2D eigenvalue weighted by Crippen LogP contribution is 2.05. The van der Waals surface area contributed by atoms with Gasteiger partial charge in [-0.15, -0.1) is 6.58 Å². The van der Waals surface area contributed by atoms with Crippen LogP contribution in [0.2, 0.25) is 0 Å². The molecule has 3 heteroatoms. The molecule has 0 aliphatic carbocycles. The molecular weight excluding hydrogens is 196 g/mol. The number of nitrogens with zero attached hydrogens (tertiary/aromatic N) is 1. The lowest BCUT2D eigenvalue weighted by molar-refractivity contribution is -0.903. The molecular formula is C11H23ClN2. The molecule has 1 atom stereocenters. The fraction of sp³-hybridized carbons (Fsp3) is 0.636. The van der Waals surface area contributed by atoms with Gasteiger partial charge in [0.1, 0.15) is 0 Å². The lowest BCUT2D eigenvalue weighted by Crippen LogP contribution is -3.00. The first kappa shape index (κ1) is 16.1. The van der Waals surface area contributed by atoms with Gasteiger partial charge in [0, 0.05) is 12.8 Å². The van der Waals surface area contributed by atoms with Crippen molar-refractivity contribution in [2.75, 3.05) is 33.2 Å². The maximum atomic E-state index is 5.50. The van der Waals surface area contributed by atoms with Gasteiger partial charge < -0.3 is 22.6 Å². The second-order valence-electron chi connectivity index (χ2n) is 3.76. The van der Waals surface area contributed by atoms with Gasteiger partial charge in [0.25, 0.3) is 0 Å². The van der Waals surface area contributed by atoms with Crippen molar-refractivity contribution in [1.82, 2.24) is 0 Å². The Morgan fingerprint density at radius 1 is 1.21 bits per heavy atom. The van der Waals surface area contributed by atoms with Gasteiger partial charge in [-0.25, -0.2) is 0 Å². The summed E-state index contributed by atoms with van der Waals surface area (Å²) in [6.45, 7) is 11.6. The van der Waals surface area contributed by atoms with Crippen LogP contribution in [0, 0.1) is 0 Å². The van der Waals surface area contributed by atoms with Crippen molar-refractivity contribution in [2.24, 2.45) is 5.73 Å². The first-order chi connectivity index (χ1) is 6.18. The quantitative estimate of drug-likeness (QED) is 0.392. The number of hydrogen-bond acceptors (Lipinski definition) is 1. The summed E-state index contributed by atoms with van der Waals surface area (Å²) < 4.78 is 1.03. The van der Waals surface area contributed by atoms with E-state index in [0.29, 0.717) is 0 Å². The van der Waals surface area contributed by atoms with Gasteiger partial charge in [0.2, 0.25) is 0 Å². The zero-order valence-electron chi connectivity index (χ0n) is 9.21. The highest BCUT2D eigenvalue weighted by atomic mass is 35.5. The summed E-state index contributed by atoms with van der Waals surface area (Å²) in [4.78, 5) is 0. The lowest BCUT2D eigenvalue weighted by atomic mass is 10.2. The predicted octanol–water partition coefficient (Wildman–Crippen LogP) is -1.45.